The van der Waals surface area contributed by atoms with Gasteiger partial charge in [0.25, 0.3) is 0 Å². The van der Waals surface area contributed by atoms with E-state index < -0.39 is 18.1 Å². The van der Waals surface area contributed by atoms with Crippen LogP contribution in [0.4, 0.5) is 18.9 Å². The fourth-order valence-corrected chi connectivity index (χ4v) is 4.54. The van der Waals surface area contributed by atoms with Crippen LogP contribution in [0.3, 0.4) is 0 Å². The molecule has 3 fully saturated rings. The molecule has 176 valence electrons. The van der Waals surface area contributed by atoms with Crippen molar-refractivity contribution in [3.05, 3.63) is 24.0 Å². The van der Waals surface area contributed by atoms with E-state index in [9.17, 15) is 22.8 Å². The highest BCUT2D eigenvalue weighted by molar-refractivity contribution is 5.97. The summed E-state index contributed by atoms with van der Waals surface area (Å²) in [5.41, 5.74) is 0.411. The quantitative estimate of drug-likeness (QED) is 0.498. The summed E-state index contributed by atoms with van der Waals surface area (Å²) in [5, 5.41) is 0. The number of ether oxygens (including phenoxy) is 2. The van der Waals surface area contributed by atoms with Crippen molar-refractivity contribution in [2.24, 2.45) is 0 Å². The lowest BCUT2D eigenvalue weighted by molar-refractivity contribution is -0.193. The molecule has 0 atom stereocenters. The number of pyridine rings is 1. The number of rotatable bonds is 5. The van der Waals surface area contributed by atoms with Crippen LogP contribution in [0.25, 0.3) is 0 Å². The van der Waals surface area contributed by atoms with Gasteiger partial charge in [0, 0.05) is 32.2 Å². The fraction of sp³-hybridized carbons (Fsp3) is 0.682. The minimum atomic E-state index is -5.23. The molecule has 2 aliphatic heterocycles. The molecule has 1 aromatic heterocycles. The molecule has 2 saturated heterocycles. The van der Waals surface area contributed by atoms with Crippen molar-refractivity contribution in [1.29, 1.82) is 0 Å². The van der Waals surface area contributed by atoms with Crippen molar-refractivity contribution in [3.63, 3.8) is 0 Å². The summed E-state index contributed by atoms with van der Waals surface area (Å²) >= 11 is 0. The van der Waals surface area contributed by atoms with Gasteiger partial charge in [-0.1, -0.05) is 6.42 Å². The van der Waals surface area contributed by atoms with Crippen LogP contribution in [-0.4, -0.2) is 72.4 Å². The predicted octanol–water partition coefficient (Wildman–Crippen LogP) is 3.33. The summed E-state index contributed by atoms with van der Waals surface area (Å²) in [6, 6.07) is 3.66. The number of hydrogen-bond acceptors (Lipinski definition) is 7. The lowest BCUT2D eigenvalue weighted by Gasteiger charge is -2.43. The van der Waals surface area contributed by atoms with Gasteiger partial charge in [-0.15, -0.1) is 0 Å². The Bertz CT molecular complexity index is 798. The van der Waals surface area contributed by atoms with Gasteiger partial charge in [-0.25, -0.2) is 14.6 Å². The first-order chi connectivity index (χ1) is 15.3. The largest absolute Gasteiger partial charge is 0.491 e. The van der Waals surface area contributed by atoms with Gasteiger partial charge in [-0.3, -0.25) is 0 Å². The SMILES string of the molecule is O=C(OC(=O)C(F)(F)F)c1ccc(N2CCC(OC3CCN(C4CCC4)CC3)CC2)cn1. The molecule has 0 amide bonds. The van der Waals surface area contributed by atoms with Crippen LogP contribution < -0.4 is 4.90 Å². The van der Waals surface area contributed by atoms with Gasteiger partial charge in [-0.05, 0) is 50.7 Å². The zero-order valence-corrected chi connectivity index (χ0v) is 17.9. The fourth-order valence-electron chi connectivity index (χ4n) is 4.54. The van der Waals surface area contributed by atoms with Crippen LogP contribution in [0.1, 0.15) is 55.4 Å². The van der Waals surface area contributed by atoms with E-state index >= 15 is 0 Å². The Morgan fingerprint density at radius 1 is 0.938 bits per heavy atom. The van der Waals surface area contributed by atoms with Crippen molar-refractivity contribution < 1.29 is 32.2 Å². The molecular formula is C22H28F3N3O4. The first-order valence-corrected chi connectivity index (χ1v) is 11.2. The van der Waals surface area contributed by atoms with E-state index in [0.29, 0.717) is 6.10 Å². The number of piperidine rings is 2. The summed E-state index contributed by atoms with van der Waals surface area (Å²) in [7, 11) is 0. The van der Waals surface area contributed by atoms with Gasteiger partial charge >= 0.3 is 18.1 Å². The molecule has 1 aliphatic carbocycles. The number of aromatic nitrogens is 1. The van der Waals surface area contributed by atoms with Crippen LogP contribution in [0.5, 0.6) is 0 Å². The molecule has 0 aromatic carbocycles. The molecule has 0 N–H and O–H groups in total. The van der Waals surface area contributed by atoms with Gasteiger partial charge in [0.1, 0.15) is 5.69 Å². The molecule has 10 heteroatoms. The molecular weight excluding hydrogens is 427 g/mol. The third-order valence-electron chi connectivity index (χ3n) is 6.63. The minimum absolute atomic E-state index is 0.224. The number of carbonyl (C=O) groups is 2. The Kier molecular flexibility index (Phi) is 6.99. The maximum atomic E-state index is 12.2. The third-order valence-corrected chi connectivity index (χ3v) is 6.63. The number of anilines is 1. The normalized spacial score (nSPS) is 21.9. The highest BCUT2D eigenvalue weighted by Gasteiger charge is 2.42. The molecule has 0 spiro atoms. The van der Waals surface area contributed by atoms with E-state index in [2.05, 4.69) is 19.5 Å². The van der Waals surface area contributed by atoms with Crippen LogP contribution in [-0.2, 0) is 14.3 Å². The summed E-state index contributed by atoms with van der Waals surface area (Å²) in [5.74, 6) is -3.97. The molecule has 3 aliphatic rings. The van der Waals surface area contributed by atoms with Gasteiger partial charge in [0.2, 0.25) is 0 Å². The van der Waals surface area contributed by atoms with E-state index in [4.69, 9.17) is 4.74 Å². The number of alkyl halides is 3. The molecule has 0 bridgehead atoms. The molecule has 1 aromatic rings. The van der Waals surface area contributed by atoms with E-state index in [1.807, 2.05) is 0 Å². The van der Waals surface area contributed by atoms with Crippen LogP contribution in [0.2, 0.25) is 0 Å². The Morgan fingerprint density at radius 2 is 1.56 bits per heavy atom. The number of likely N-dealkylation sites (tertiary alicyclic amines) is 1. The van der Waals surface area contributed by atoms with Gasteiger partial charge in [0.15, 0.2) is 0 Å². The molecule has 3 heterocycles. The zero-order valence-electron chi connectivity index (χ0n) is 17.9. The summed E-state index contributed by atoms with van der Waals surface area (Å²) in [6.07, 6.45) is 4.72. The maximum Gasteiger partial charge on any atom is 0.491 e. The number of carbonyl (C=O) groups excluding carboxylic acids is 2. The van der Waals surface area contributed by atoms with Crippen molar-refractivity contribution >= 4 is 17.6 Å². The summed E-state index contributed by atoms with van der Waals surface area (Å²) in [6.45, 7) is 3.79. The topological polar surface area (TPSA) is 72.0 Å². The lowest BCUT2D eigenvalue weighted by atomic mass is 9.89. The second-order valence-corrected chi connectivity index (χ2v) is 8.72. The first-order valence-electron chi connectivity index (χ1n) is 11.2. The lowest BCUT2D eigenvalue weighted by Crippen LogP contribution is -2.47. The Morgan fingerprint density at radius 3 is 2.06 bits per heavy atom. The van der Waals surface area contributed by atoms with Gasteiger partial charge in [-0.2, -0.15) is 13.2 Å². The average molecular weight is 455 g/mol. The van der Waals surface area contributed by atoms with E-state index in [1.54, 1.807) is 6.07 Å². The predicted molar refractivity (Wildman–Crippen MR) is 109 cm³/mol. The number of halogens is 3. The second-order valence-electron chi connectivity index (χ2n) is 8.72. The van der Waals surface area contributed by atoms with Crippen molar-refractivity contribution in [2.45, 2.75) is 69.4 Å². The molecule has 0 radical (unpaired) electrons. The first kappa shape index (κ1) is 23.0. The monoisotopic (exact) mass is 455 g/mol. The average Bonchev–Trinajstić information content (AvgIpc) is 2.74. The van der Waals surface area contributed by atoms with Crippen molar-refractivity contribution in [3.8, 4) is 0 Å². The minimum Gasteiger partial charge on any atom is -0.381 e. The Hall–Kier alpha value is -2.20. The highest BCUT2D eigenvalue weighted by Crippen LogP contribution is 2.29. The van der Waals surface area contributed by atoms with Gasteiger partial charge in [0.05, 0.1) is 24.1 Å². The number of esters is 2. The van der Waals surface area contributed by atoms with E-state index in [-0.39, 0.29) is 11.8 Å². The van der Waals surface area contributed by atoms with Crippen LogP contribution in [0, 0.1) is 0 Å². The third kappa shape index (κ3) is 5.58. The number of hydrogen-bond donors (Lipinski definition) is 0. The Balaban J connectivity index is 1.20. The number of nitrogens with zero attached hydrogens (tertiary/aromatic N) is 3. The highest BCUT2D eigenvalue weighted by atomic mass is 19.4. The molecule has 7 nitrogen and oxygen atoms in total. The van der Waals surface area contributed by atoms with Crippen molar-refractivity contribution in [2.75, 3.05) is 31.1 Å². The standard InChI is InChI=1S/C22H28F3N3O4/c23-22(24,25)21(30)32-20(29)19-5-4-16(14-26-19)28-12-8-18(9-13-28)31-17-6-10-27(11-7-17)15-2-1-3-15/h4-5,14-15,17-18H,1-3,6-13H2. The second kappa shape index (κ2) is 9.74. The summed E-state index contributed by atoms with van der Waals surface area (Å²) in [4.78, 5) is 31.0. The molecule has 4 rings (SSSR count). The summed E-state index contributed by atoms with van der Waals surface area (Å²) < 4.78 is 46.8. The van der Waals surface area contributed by atoms with E-state index in [0.717, 1.165) is 63.6 Å². The van der Waals surface area contributed by atoms with Crippen molar-refractivity contribution in [1.82, 2.24) is 9.88 Å². The molecule has 1 saturated carbocycles. The van der Waals surface area contributed by atoms with Crippen LogP contribution >= 0.6 is 0 Å². The molecule has 32 heavy (non-hydrogen) atoms. The zero-order chi connectivity index (χ0) is 22.7. The molecule has 0 unspecified atom stereocenters. The van der Waals surface area contributed by atoms with E-state index in [1.165, 1.54) is 31.5 Å². The van der Waals surface area contributed by atoms with Crippen LogP contribution in [0.15, 0.2) is 18.3 Å². The van der Waals surface area contributed by atoms with Gasteiger partial charge < -0.3 is 19.3 Å². The maximum absolute atomic E-state index is 12.2. The smallest absolute Gasteiger partial charge is 0.381 e. The Labute approximate surface area is 184 Å².